The van der Waals surface area contributed by atoms with Gasteiger partial charge in [-0.3, -0.25) is 9.59 Å². The second kappa shape index (κ2) is 8.65. The molecule has 0 aliphatic heterocycles. The molecule has 4 aliphatic rings. The third-order valence-corrected chi connectivity index (χ3v) is 7.98. The second-order valence-electron chi connectivity index (χ2n) is 9.04. The second-order valence-corrected chi connectivity index (χ2v) is 9.04. The van der Waals surface area contributed by atoms with Crippen molar-refractivity contribution in [3.05, 3.63) is 23.8 Å². The van der Waals surface area contributed by atoms with Crippen molar-refractivity contribution in [3.63, 3.8) is 0 Å². The molecule has 0 amide bonds. The molecule has 158 valence electrons. The lowest BCUT2D eigenvalue weighted by Crippen LogP contribution is -2.56. The van der Waals surface area contributed by atoms with E-state index in [0.29, 0.717) is 18.3 Å². The van der Waals surface area contributed by atoms with E-state index in [-0.39, 0.29) is 34.2 Å². The van der Waals surface area contributed by atoms with Crippen molar-refractivity contribution in [3.8, 4) is 0 Å². The fourth-order valence-corrected chi connectivity index (χ4v) is 6.99. The lowest BCUT2D eigenvalue weighted by atomic mass is 9.46. The van der Waals surface area contributed by atoms with Crippen LogP contribution in [0, 0.1) is 34.5 Å². The first-order valence-corrected chi connectivity index (χ1v) is 11.4. The zero-order valence-corrected chi connectivity index (χ0v) is 18.9. The number of allylic oxidation sites excluding steroid dienone is 4. The van der Waals surface area contributed by atoms with E-state index < -0.39 is 6.10 Å². The van der Waals surface area contributed by atoms with Gasteiger partial charge in [-0.15, -0.1) is 0 Å². The number of Topliss-reactive ketones (excluding diaryl/α,β-unsaturated/α-hetero) is 1. The van der Waals surface area contributed by atoms with Crippen LogP contribution in [0.25, 0.3) is 0 Å². The van der Waals surface area contributed by atoms with Gasteiger partial charge in [0.2, 0.25) is 0 Å². The van der Waals surface area contributed by atoms with E-state index in [9.17, 15) is 14.7 Å². The predicted octanol–water partition coefficient (Wildman–Crippen LogP) is 5.52. The van der Waals surface area contributed by atoms with Crippen molar-refractivity contribution in [1.82, 2.24) is 0 Å². The maximum atomic E-state index is 12.2. The van der Waals surface area contributed by atoms with E-state index in [2.05, 4.69) is 13.8 Å². The number of ketones is 2. The summed E-state index contributed by atoms with van der Waals surface area (Å²) < 4.78 is 0. The average Bonchev–Trinajstić information content (AvgIpc) is 3.02. The first kappa shape index (κ1) is 23.1. The highest BCUT2D eigenvalue weighted by molar-refractivity contribution is 6.01. The molecule has 0 heterocycles. The molecule has 0 aromatic rings. The lowest BCUT2D eigenvalue weighted by Gasteiger charge is -2.58. The molecule has 0 bridgehead atoms. The summed E-state index contributed by atoms with van der Waals surface area (Å²) in [4.78, 5) is 24.0. The monoisotopic (exact) mass is 388 g/mol. The fourth-order valence-electron chi connectivity index (χ4n) is 6.99. The predicted molar refractivity (Wildman–Crippen MR) is 115 cm³/mol. The first-order chi connectivity index (χ1) is 13.3. The van der Waals surface area contributed by atoms with Crippen LogP contribution >= 0.6 is 0 Å². The van der Waals surface area contributed by atoms with Crippen molar-refractivity contribution in [1.29, 1.82) is 0 Å². The summed E-state index contributed by atoms with van der Waals surface area (Å²) in [6, 6.07) is 0. The van der Waals surface area contributed by atoms with Gasteiger partial charge in [-0.2, -0.15) is 0 Å². The van der Waals surface area contributed by atoms with Gasteiger partial charge in [0.15, 0.2) is 5.78 Å². The van der Waals surface area contributed by atoms with Crippen LogP contribution in [0.15, 0.2) is 23.8 Å². The van der Waals surface area contributed by atoms with Crippen molar-refractivity contribution < 1.29 is 14.7 Å². The molecule has 4 rings (SSSR count). The lowest BCUT2D eigenvalue weighted by molar-refractivity contribution is -0.137. The van der Waals surface area contributed by atoms with E-state index in [4.69, 9.17) is 0 Å². The molecular weight excluding hydrogens is 348 g/mol. The smallest absolute Gasteiger partial charge is 0.178 e. The summed E-state index contributed by atoms with van der Waals surface area (Å²) in [6.45, 7) is 14.2. The minimum absolute atomic E-state index is 0.0573. The van der Waals surface area contributed by atoms with Gasteiger partial charge < -0.3 is 5.11 Å². The number of carbonyl (C=O) groups is 2. The highest BCUT2D eigenvalue weighted by Gasteiger charge is 2.62. The molecule has 3 saturated carbocycles. The number of hydrogen-bond donors (Lipinski definition) is 1. The maximum Gasteiger partial charge on any atom is 0.178 e. The number of rotatable bonds is 1. The van der Waals surface area contributed by atoms with Crippen LogP contribution in [0.4, 0.5) is 0 Å². The Kier molecular flexibility index (Phi) is 7.12. The van der Waals surface area contributed by atoms with Crippen LogP contribution in [0.1, 0.15) is 80.6 Å². The largest absolute Gasteiger partial charge is 0.393 e. The van der Waals surface area contributed by atoms with Gasteiger partial charge >= 0.3 is 0 Å². The zero-order valence-electron chi connectivity index (χ0n) is 18.9. The number of fused-ring (bicyclic) bond motifs is 5. The van der Waals surface area contributed by atoms with Gasteiger partial charge in [0, 0.05) is 17.3 Å². The van der Waals surface area contributed by atoms with Crippen molar-refractivity contribution in [2.45, 2.75) is 86.7 Å². The van der Waals surface area contributed by atoms with Gasteiger partial charge in [-0.1, -0.05) is 53.2 Å². The fraction of sp³-hybridized carbons (Fsp3) is 0.760. The molecular formula is C25H40O3. The highest BCUT2D eigenvalue weighted by Crippen LogP contribution is 2.65. The minimum Gasteiger partial charge on any atom is -0.393 e. The Bertz CT molecular complexity index is 661. The molecule has 7 unspecified atom stereocenters. The summed E-state index contributed by atoms with van der Waals surface area (Å²) >= 11 is 0. The summed E-state index contributed by atoms with van der Waals surface area (Å²) in [7, 11) is 0. The van der Waals surface area contributed by atoms with E-state index >= 15 is 0 Å². The molecule has 0 aromatic carbocycles. The van der Waals surface area contributed by atoms with Gasteiger partial charge in [0.1, 0.15) is 5.78 Å². The molecule has 0 saturated heterocycles. The van der Waals surface area contributed by atoms with Gasteiger partial charge in [-0.05, 0) is 68.4 Å². The van der Waals surface area contributed by atoms with E-state index in [1.807, 2.05) is 33.8 Å². The summed E-state index contributed by atoms with van der Waals surface area (Å²) in [5.74, 6) is 1.61. The van der Waals surface area contributed by atoms with E-state index in [0.717, 1.165) is 25.7 Å². The van der Waals surface area contributed by atoms with E-state index in [1.54, 1.807) is 19.1 Å². The number of aliphatic hydroxyl groups excluding tert-OH is 1. The van der Waals surface area contributed by atoms with Crippen LogP contribution < -0.4 is 0 Å². The molecule has 28 heavy (non-hydrogen) atoms. The molecule has 1 N–H and O–H groups in total. The Balaban J connectivity index is 0.000000660. The van der Waals surface area contributed by atoms with Crippen molar-refractivity contribution >= 4 is 11.6 Å². The number of carbonyl (C=O) groups excluding carboxylic acids is 2. The van der Waals surface area contributed by atoms with Gasteiger partial charge in [0.25, 0.3) is 0 Å². The Hall–Kier alpha value is -1.22. The molecule has 0 radical (unpaired) electrons. The van der Waals surface area contributed by atoms with E-state index in [1.165, 1.54) is 5.57 Å². The first-order valence-electron chi connectivity index (χ1n) is 11.4. The summed E-state index contributed by atoms with van der Waals surface area (Å²) in [5, 5.41) is 11.1. The van der Waals surface area contributed by atoms with Gasteiger partial charge in [-0.25, -0.2) is 0 Å². The van der Waals surface area contributed by atoms with Crippen LogP contribution in [0.3, 0.4) is 0 Å². The minimum atomic E-state index is -0.400. The summed E-state index contributed by atoms with van der Waals surface area (Å²) in [5.41, 5.74) is 0.935. The van der Waals surface area contributed by atoms with Crippen molar-refractivity contribution in [2.75, 3.05) is 0 Å². The maximum absolute atomic E-state index is 12.2. The van der Waals surface area contributed by atoms with Crippen molar-refractivity contribution in [2.24, 2.45) is 34.5 Å². The van der Waals surface area contributed by atoms with Crippen LogP contribution in [0.2, 0.25) is 0 Å². The van der Waals surface area contributed by atoms with Crippen LogP contribution in [0.5, 0.6) is 0 Å². The number of aliphatic hydroxyl groups is 1. The standard InChI is InChI=1S/C21H28O3.2C2H6/c1-12(22)16-6-7-17-15-5-4-13-10-14(23)8-9-20(13,2)19(15)18(24)11-21(16,17)3;2*1-2/h8-10,15-19,24H,4-7,11H2,1-3H3;2*1-2H3. The van der Waals surface area contributed by atoms with Crippen LogP contribution in [-0.2, 0) is 9.59 Å². The molecule has 3 heteroatoms. The SMILES string of the molecule is CC.CC.CC(=O)C1CCC2C3CCC4=CC(=O)C=CC4(C)C3C(O)CC12C. The van der Waals surface area contributed by atoms with Crippen LogP contribution in [-0.4, -0.2) is 22.8 Å². The Labute approximate surface area is 171 Å². The highest BCUT2D eigenvalue weighted by atomic mass is 16.3. The molecule has 3 fully saturated rings. The Morgan fingerprint density at radius 2 is 1.75 bits per heavy atom. The Morgan fingerprint density at radius 1 is 1.11 bits per heavy atom. The average molecular weight is 389 g/mol. The summed E-state index contributed by atoms with van der Waals surface area (Å²) in [6.07, 6.45) is 9.89. The molecule has 0 spiro atoms. The molecule has 7 atom stereocenters. The van der Waals surface area contributed by atoms with Gasteiger partial charge in [0.05, 0.1) is 6.10 Å². The Morgan fingerprint density at radius 3 is 2.36 bits per heavy atom. The third-order valence-electron chi connectivity index (χ3n) is 7.98. The normalized spacial score (nSPS) is 43.2. The molecule has 3 nitrogen and oxygen atoms in total. The third kappa shape index (κ3) is 3.44. The topological polar surface area (TPSA) is 54.4 Å². The molecule has 0 aromatic heterocycles. The number of hydrogen-bond acceptors (Lipinski definition) is 3. The molecule has 4 aliphatic carbocycles. The zero-order chi connectivity index (χ0) is 21.3. The quantitative estimate of drug-likeness (QED) is 0.643.